The summed E-state index contributed by atoms with van der Waals surface area (Å²) in [5.41, 5.74) is 2.54. The van der Waals surface area contributed by atoms with E-state index < -0.39 is 17.4 Å². The normalized spacial score (nSPS) is 16.3. The second-order valence-electron chi connectivity index (χ2n) is 5.65. The number of nitrogens with two attached hydrogens (primary N) is 1. The fourth-order valence-electron chi connectivity index (χ4n) is 2.96. The average molecular weight is 319 g/mol. The first-order chi connectivity index (χ1) is 11.0. The summed E-state index contributed by atoms with van der Waals surface area (Å²) in [4.78, 5) is 34.0. The third kappa shape index (κ3) is 4.07. The van der Waals surface area contributed by atoms with Crippen LogP contribution in [0.15, 0.2) is 24.3 Å². The molecule has 0 atom stereocenters. The van der Waals surface area contributed by atoms with Gasteiger partial charge in [-0.25, -0.2) is 5.84 Å². The number of nitrogens with one attached hydrogen (secondary N) is 2. The quantitative estimate of drug-likeness (QED) is 0.256. The zero-order valence-corrected chi connectivity index (χ0v) is 13.1. The molecule has 0 spiro atoms. The van der Waals surface area contributed by atoms with Gasteiger partial charge in [-0.2, -0.15) is 0 Å². The van der Waals surface area contributed by atoms with Crippen molar-refractivity contribution in [2.24, 2.45) is 5.84 Å². The number of hydrogen-bond acceptors (Lipinski definition) is 5. The van der Waals surface area contributed by atoms with Gasteiger partial charge >= 0.3 is 17.8 Å². The molecule has 1 fully saturated rings. The average Bonchev–Trinajstić information content (AvgIpc) is 2.54. The Hall–Kier alpha value is -2.41. The molecular formula is C16H21N3O4. The largest absolute Gasteiger partial charge is 0.454 e. The smallest absolute Gasteiger partial charge is 0.323 e. The predicted octanol–water partition coefficient (Wildman–Crippen LogP) is 1.34. The van der Waals surface area contributed by atoms with E-state index in [0.29, 0.717) is 5.69 Å². The van der Waals surface area contributed by atoms with E-state index in [9.17, 15) is 14.4 Å². The van der Waals surface area contributed by atoms with E-state index in [4.69, 9.17) is 10.6 Å². The molecule has 0 aromatic heterocycles. The van der Waals surface area contributed by atoms with Crippen molar-refractivity contribution in [2.75, 3.05) is 5.32 Å². The molecular weight excluding hydrogens is 298 g/mol. The molecule has 7 heteroatoms. The Morgan fingerprint density at radius 1 is 1.04 bits per heavy atom. The molecule has 4 N–H and O–H groups in total. The highest BCUT2D eigenvalue weighted by molar-refractivity contribution is 6.39. The van der Waals surface area contributed by atoms with Gasteiger partial charge in [0.2, 0.25) is 0 Å². The van der Waals surface area contributed by atoms with Gasteiger partial charge in [0.05, 0.1) is 0 Å². The van der Waals surface area contributed by atoms with Gasteiger partial charge < -0.3 is 10.1 Å². The minimum absolute atomic E-state index is 0.302. The standard InChI is InChI=1S/C16H21N3O4/c1-11(20)23-16(9-3-2-4-10-16)12-5-7-13(8-6-12)18-14(21)15(22)19-17/h5-8H,2-4,9-10,17H2,1H3,(H,18,21)(H,19,22). The van der Waals surface area contributed by atoms with Gasteiger partial charge in [-0.3, -0.25) is 19.8 Å². The zero-order chi connectivity index (χ0) is 16.9. The van der Waals surface area contributed by atoms with Crippen LogP contribution >= 0.6 is 0 Å². The molecule has 2 amide bonds. The number of anilines is 1. The summed E-state index contributed by atoms with van der Waals surface area (Å²) < 4.78 is 5.63. The van der Waals surface area contributed by atoms with Gasteiger partial charge in [0.25, 0.3) is 0 Å². The maximum Gasteiger partial charge on any atom is 0.323 e. The topological polar surface area (TPSA) is 111 Å². The molecule has 7 nitrogen and oxygen atoms in total. The van der Waals surface area contributed by atoms with E-state index in [0.717, 1.165) is 37.7 Å². The monoisotopic (exact) mass is 319 g/mol. The van der Waals surface area contributed by atoms with Crippen LogP contribution in [0.25, 0.3) is 0 Å². The Balaban J connectivity index is 2.17. The lowest BCUT2D eigenvalue weighted by Gasteiger charge is -2.37. The molecule has 1 aromatic rings. The van der Waals surface area contributed by atoms with Gasteiger partial charge in [0, 0.05) is 12.6 Å². The molecule has 2 rings (SSSR count). The first-order valence-corrected chi connectivity index (χ1v) is 7.59. The lowest BCUT2D eigenvalue weighted by atomic mass is 9.79. The Morgan fingerprint density at radius 3 is 2.17 bits per heavy atom. The maximum atomic E-state index is 11.5. The van der Waals surface area contributed by atoms with Gasteiger partial charge in [-0.1, -0.05) is 18.6 Å². The highest BCUT2D eigenvalue weighted by Gasteiger charge is 2.37. The Bertz CT molecular complexity index is 592. The van der Waals surface area contributed by atoms with E-state index in [-0.39, 0.29) is 5.97 Å². The van der Waals surface area contributed by atoms with Gasteiger partial charge in [-0.15, -0.1) is 0 Å². The minimum Gasteiger partial charge on any atom is -0.454 e. The van der Waals surface area contributed by atoms with Crippen molar-refractivity contribution in [3.63, 3.8) is 0 Å². The molecule has 1 saturated carbocycles. The van der Waals surface area contributed by atoms with E-state index in [1.807, 2.05) is 12.1 Å². The highest BCUT2D eigenvalue weighted by atomic mass is 16.6. The van der Waals surface area contributed by atoms with Crippen molar-refractivity contribution in [1.29, 1.82) is 0 Å². The number of hydrazine groups is 1. The van der Waals surface area contributed by atoms with Crippen molar-refractivity contribution in [1.82, 2.24) is 5.43 Å². The summed E-state index contributed by atoms with van der Waals surface area (Å²) in [6.07, 6.45) is 4.71. The first-order valence-electron chi connectivity index (χ1n) is 7.59. The summed E-state index contributed by atoms with van der Waals surface area (Å²) >= 11 is 0. The van der Waals surface area contributed by atoms with E-state index in [2.05, 4.69) is 5.32 Å². The molecule has 0 heterocycles. The van der Waals surface area contributed by atoms with Crippen LogP contribution in [-0.2, 0) is 24.7 Å². The fraction of sp³-hybridized carbons (Fsp3) is 0.438. The maximum absolute atomic E-state index is 11.5. The summed E-state index contributed by atoms with van der Waals surface area (Å²) in [6, 6.07) is 6.97. The van der Waals surface area contributed by atoms with Crippen molar-refractivity contribution in [3.05, 3.63) is 29.8 Å². The molecule has 1 aromatic carbocycles. The summed E-state index contributed by atoms with van der Waals surface area (Å²) in [5, 5.41) is 2.44. The molecule has 0 aliphatic heterocycles. The van der Waals surface area contributed by atoms with Crippen molar-refractivity contribution < 1.29 is 19.1 Å². The minimum atomic E-state index is -0.919. The van der Waals surface area contributed by atoms with Crippen LogP contribution in [0, 0.1) is 0 Å². The van der Waals surface area contributed by atoms with Crippen LogP contribution in [0.2, 0.25) is 0 Å². The third-order valence-corrected chi connectivity index (χ3v) is 4.01. The van der Waals surface area contributed by atoms with E-state index in [1.165, 1.54) is 6.92 Å². The Labute approximate surface area is 134 Å². The number of rotatable bonds is 3. The second-order valence-corrected chi connectivity index (χ2v) is 5.65. The molecule has 1 aliphatic carbocycles. The lowest BCUT2D eigenvalue weighted by Crippen LogP contribution is -2.39. The number of ether oxygens (including phenoxy) is 1. The van der Waals surface area contributed by atoms with Crippen LogP contribution in [0.4, 0.5) is 5.69 Å². The zero-order valence-electron chi connectivity index (χ0n) is 13.1. The fourth-order valence-corrected chi connectivity index (χ4v) is 2.96. The van der Waals surface area contributed by atoms with E-state index >= 15 is 0 Å². The van der Waals surface area contributed by atoms with Crippen LogP contribution in [0.1, 0.15) is 44.6 Å². The van der Waals surface area contributed by atoms with Crippen LogP contribution in [-0.4, -0.2) is 17.8 Å². The van der Waals surface area contributed by atoms with Crippen molar-refractivity contribution >= 4 is 23.5 Å². The molecule has 124 valence electrons. The Kier molecular flexibility index (Phi) is 5.33. The SMILES string of the molecule is CC(=O)OC1(c2ccc(NC(=O)C(=O)NN)cc2)CCCCC1. The number of amides is 2. The van der Waals surface area contributed by atoms with E-state index in [1.54, 1.807) is 17.6 Å². The second kappa shape index (κ2) is 7.23. The first kappa shape index (κ1) is 17.0. The van der Waals surface area contributed by atoms with Crippen LogP contribution in [0.5, 0.6) is 0 Å². The number of benzene rings is 1. The molecule has 1 aliphatic rings. The number of esters is 1. The summed E-state index contributed by atoms with van der Waals surface area (Å²) in [5.74, 6) is 2.84. The highest BCUT2D eigenvalue weighted by Crippen LogP contribution is 2.40. The Morgan fingerprint density at radius 2 is 1.65 bits per heavy atom. The molecule has 0 saturated heterocycles. The van der Waals surface area contributed by atoms with Crippen molar-refractivity contribution in [3.8, 4) is 0 Å². The van der Waals surface area contributed by atoms with Crippen LogP contribution in [0.3, 0.4) is 0 Å². The molecule has 0 radical (unpaired) electrons. The summed E-state index contributed by atoms with van der Waals surface area (Å²) in [6.45, 7) is 1.41. The van der Waals surface area contributed by atoms with Gasteiger partial charge in [0.1, 0.15) is 5.60 Å². The number of hydrogen-bond donors (Lipinski definition) is 3. The number of carbonyl (C=O) groups excluding carboxylic acids is 3. The summed E-state index contributed by atoms with van der Waals surface area (Å²) in [7, 11) is 0. The van der Waals surface area contributed by atoms with Crippen molar-refractivity contribution in [2.45, 2.75) is 44.6 Å². The molecule has 0 bridgehead atoms. The van der Waals surface area contributed by atoms with Gasteiger partial charge in [-0.05, 0) is 43.4 Å². The molecule has 0 unspecified atom stereocenters. The van der Waals surface area contributed by atoms with Crippen LogP contribution < -0.4 is 16.6 Å². The molecule has 23 heavy (non-hydrogen) atoms. The number of carbonyl (C=O) groups is 3. The predicted molar refractivity (Wildman–Crippen MR) is 83.9 cm³/mol. The third-order valence-electron chi connectivity index (χ3n) is 4.01. The van der Waals surface area contributed by atoms with Gasteiger partial charge in [0.15, 0.2) is 0 Å². The lowest BCUT2D eigenvalue weighted by molar-refractivity contribution is -0.162.